The van der Waals surface area contributed by atoms with E-state index in [1.54, 1.807) is 30.7 Å². The molecule has 1 saturated carbocycles. The van der Waals surface area contributed by atoms with Crippen molar-refractivity contribution in [1.82, 2.24) is 18.9 Å². The fraction of sp³-hybridized carbons (Fsp3) is 0.484. The molecule has 0 radical (unpaired) electrons. The quantitative estimate of drug-likeness (QED) is 0.222. The summed E-state index contributed by atoms with van der Waals surface area (Å²) in [5.74, 6) is 0.827. The lowest BCUT2D eigenvalue weighted by molar-refractivity contribution is -0.136. The highest BCUT2D eigenvalue weighted by Crippen LogP contribution is 2.44. The minimum atomic E-state index is -4.60. The number of alkyl halides is 3. The number of benzene rings is 1. The standard InChI is InChI=1S/C31H35F3N4O2S2/c1-19-13-36(10-9-27(19)41)14-20-11-25(31(32,33)34)26-16-37(30(39)38(26)15-20)24-8-4-7-22(12-24)28(21-5-3-6-21)29-35-23(17-40-2)18-42-29/h4,7-8,11-12,15-16,18-19,21,27-28,41H,3,5-6,9-10,13-14,17H2,1-2H3/t19-,27?,28?/m1/s1. The molecule has 1 aliphatic carbocycles. The van der Waals surface area contributed by atoms with Gasteiger partial charge in [-0.3, -0.25) is 13.9 Å². The average Bonchev–Trinajstić information content (AvgIpc) is 3.52. The van der Waals surface area contributed by atoms with E-state index in [4.69, 9.17) is 9.72 Å². The second-order valence-corrected chi connectivity index (χ2v) is 13.3. The van der Waals surface area contributed by atoms with Crippen molar-refractivity contribution in [2.45, 2.75) is 63.1 Å². The third-order valence-electron chi connectivity index (χ3n) is 8.74. The van der Waals surface area contributed by atoms with Crippen LogP contribution in [-0.2, 0) is 24.1 Å². The maximum atomic E-state index is 14.3. The number of hydrogen-bond donors (Lipinski definition) is 1. The second-order valence-electron chi connectivity index (χ2n) is 11.7. The number of hydrogen-bond acceptors (Lipinski definition) is 6. The molecule has 0 spiro atoms. The Kier molecular flexibility index (Phi) is 8.30. The SMILES string of the molecule is COCc1csc(C(c2cccc(-n3cc4c(C(F)(F)F)cc(CN5CCC(S)[C@H](C)C5)cn4c3=O)c2)C2CCC2)n1. The van der Waals surface area contributed by atoms with Gasteiger partial charge in [-0.1, -0.05) is 25.5 Å². The van der Waals surface area contributed by atoms with Crippen LogP contribution in [0, 0.1) is 11.8 Å². The van der Waals surface area contributed by atoms with Gasteiger partial charge in [-0.25, -0.2) is 9.78 Å². The number of fused-ring (bicyclic) bond motifs is 1. The fourth-order valence-corrected chi connectivity index (χ4v) is 7.53. The van der Waals surface area contributed by atoms with E-state index in [0.717, 1.165) is 59.4 Å². The lowest BCUT2D eigenvalue weighted by Crippen LogP contribution is -2.39. The number of nitrogens with zero attached hydrogens (tertiary/aromatic N) is 4. The highest BCUT2D eigenvalue weighted by atomic mass is 32.1. The molecular formula is C31H35F3N4O2S2. The summed E-state index contributed by atoms with van der Waals surface area (Å²) >= 11 is 6.22. The van der Waals surface area contributed by atoms with Crippen molar-refractivity contribution in [2.75, 3.05) is 20.2 Å². The molecule has 3 aromatic heterocycles. The Balaban J connectivity index is 1.39. The number of ether oxygens (including phenoxy) is 1. The topological polar surface area (TPSA) is 51.8 Å². The first kappa shape index (κ1) is 29.5. The summed E-state index contributed by atoms with van der Waals surface area (Å²) in [5.41, 5.74) is 1.43. The number of pyridine rings is 1. The summed E-state index contributed by atoms with van der Waals surface area (Å²) < 4.78 is 50.7. The van der Waals surface area contributed by atoms with E-state index in [1.807, 2.05) is 23.6 Å². The molecule has 0 bridgehead atoms. The van der Waals surface area contributed by atoms with Crippen LogP contribution in [0.1, 0.15) is 65.9 Å². The number of halogens is 3. The van der Waals surface area contributed by atoms with Gasteiger partial charge in [0.05, 0.1) is 29.1 Å². The summed E-state index contributed by atoms with van der Waals surface area (Å²) in [5, 5.41) is 3.30. The van der Waals surface area contributed by atoms with E-state index in [-0.39, 0.29) is 16.7 Å². The average molecular weight is 617 g/mol. The zero-order chi connectivity index (χ0) is 29.6. The monoisotopic (exact) mass is 616 g/mol. The summed E-state index contributed by atoms with van der Waals surface area (Å²) in [6.45, 7) is 4.41. The molecule has 0 amide bonds. The van der Waals surface area contributed by atoms with Crippen molar-refractivity contribution in [3.05, 3.63) is 86.0 Å². The van der Waals surface area contributed by atoms with Gasteiger partial charge in [-0.2, -0.15) is 25.8 Å². The Morgan fingerprint density at radius 2 is 2.00 bits per heavy atom. The van der Waals surface area contributed by atoms with Gasteiger partial charge in [0.1, 0.15) is 5.01 Å². The Labute approximate surface area is 252 Å². The molecule has 2 fully saturated rings. The molecule has 4 aromatic rings. The molecule has 2 unspecified atom stereocenters. The fourth-order valence-electron chi connectivity index (χ4n) is 6.30. The summed E-state index contributed by atoms with van der Waals surface area (Å²) in [6.07, 6.45) is 2.50. The van der Waals surface area contributed by atoms with Crippen LogP contribution in [0.25, 0.3) is 11.2 Å². The van der Waals surface area contributed by atoms with E-state index in [9.17, 15) is 18.0 Å². The predicted octanol–water partition coefficient (Wildman–Crippen LogP) is 6.78. The molecule has 0 N–H and O–H groups in total. The number of rotatable bonds is 8. The Morgan fingerprint density at radius 1 is 1.19 bits per heavy atom. The van der Waals surface area contributed by atoms with Gasteiger partial charge in [-0.05, 0) is 67.0 Å². The van der Waals surface area contributed by atoms with E-state index in [2.05, 4.69) is 24.5 Å². The van der Waals surface area contributed by atoms with Crippen LogP contribution in [0.2, 0.25) is 0 Å². The molecule has 4 heterocycles. The highest BCUT2D eigenvalue weighted by Gasteiger charge is 2.35. The number of aromatic nitrogens is 3. The molecular weight excluding hydrogens is 581 g/mol. The van der Waals surface area contributed by atoms with Gasteiger partial charge in [0, 0.05) is 49.1 Å². The predicted molar refractivity (Wildman–Crippen MR) is 162 cm³/mol. The van der Waals surface area contributed by atoms with Crippen molar-refractivity contribution < 1.29 is 17.9 Å². The lowest BCUT2D eigenvalue weighted by Gasteiger charge is -2.34. The first-order valence-corrected chi connectivity index (χ1v) is 15.8. The molecule has 1 saturated heterocycles. The van der Waals surface area contributed by atoms with Gasteiger partial charge < -0.3 is 4.74 Å². The third kappa shape index (κ3) is 5.80. The maximum Gasteiger partial charge on any atom is 0.418 e. The maximum absolute atomic E-state index is 14.3. The van der Waals surface area contributed by atoms with Gasteiger partial charge in [-0.15, -0.1) is 11.3 Å². The molecule has 2 aliphatic rings. The Morgan fingerprint density at radius 3 is 2.69 bits per heavy atom. The molecule has 1 aromatic carbocycles. The van der Waals surface area contributed by atoms with Crippen LogP contribution in [0.3, 0.4) is 0 Å². The molecule has 11 heteroatoms. The Bertz CT molecular complexity index is 1620. The van der Waals surface area contributed by atoms with Crippen LogP contribution >= 0.6 is 24.0 Å². The van der Waals surface area contributed by atoms with E-state index in [0.29, 0.717) is 36.2 Å². The lowest BCUT2D eigenvalue weighted by atomic mass is 9.73. The van der Waals surface area contributed by atoms with Gasteiger partial charge in [0.15, 0.2) is 0 Å². The van der Waals surface area contributed by atoms with Gasteiger partial charge in [0.2, 0.25) is 0 Å². The molecule has 6 rings (SSSR count). The number of thiol groups is 1. The first-order chi connectivity index (χ1) is 20.1. The zero-order valence-electron chi connectivity index (χ0n) is 23.7. The summed E-state index contributed by atoms with van der Waals surface area (Å²) in [6, 6.07) is 8.80. The Hall–Kier alpha value is -2.60. The van der Waals surface area contributed by atoms with E-state index in [1.165, 1.54) is 16.8 Å². The van der Waals surface area contributed by atoms with E-state index >= 15 is 0 Å². The molecule has 224 valence electrons. The van der Waals surface area contributed by atoms with Crippen LogP contribution in [0.15, 0.2) is 52.9 Å². The van der Waals surface area contributed by atoms with Gasteiger partial charge in [0.25, 0.3) is 0 Å². The first-order valence-electron chi connectivity index (χ1n) is 14.4. The molecule has 1 aliphatic heterocycles. The van der Waals surface area contributed by atoms with E-state index < -0.39 is 17.4 Å². The minimum Gasteiger partial charge on any atom is -0.378 e. The van der Waals surface area contributed by atoms with Crippen LogP contribution in [-0.4, -0.2) is 44.3 Å². The second kappa shape index (κ2) is 11.8. The number of imidazole rings is 1. The number of thiazole rings is 1. The molecule has 42 heavy (non-hydrogen) atoms. The van der Waals surface area contributed by atoms with Crippen molar-refractivity contribution in [1.29, 1.82) is 0 Å². The number of methoxy groups -OCH3 is 1. The van der Waals surface area contributed by atoms with Crippen molar-refractivity contribution >= 4 is 29.5 Å². The molecule has 6 nitrogen and oxygen atoms in total. The molecule has 3 atom stereocenters. The number of likely N-dealkylation sites (tertiary alicyclic amines) is 1. The third-order valence-corrected chi connectivity index (χ3v) is 10.5. The zero-order valence-corrected chi connectivity index (χ0v) is 25.4. The van der Waals surface area contributed by atoms with Crippen LogP contribution < -0.4 is 5.69 Å². The van der Waals surface area contributed by atoms with Gasteiger partial charge >= 0.3 is 11.9 Å². The van der Waals surface area contributed by atoms with Crippen molar-refractivity contribution in [3.63, 3.8) is 0 Å². The smallest absolute Gasteiger partial charge is 0.378 e. The summed E-state index contributed by atoms with van der Waals surface area (Å²) in [7, 11) is 1.64. The van der Waals surface area contributed by atoms with Crippen molar-refractivity contribution in [3.8, 4) is 5.69 Å². The minimum absolute atomic E-state index is 0.0585. The van der Waals surface area contributed by atoms with Crippen LogP contribution in [0.4, 0.5) is 13.2 Å². The highest BCUT2D eigenvalue weighted by molar-refractivity contribution is 7.81. The summed E-state index contributed by atoms with van der Waals surface area (Å²) in [4.78, 5) is 20.7. The van der Waals surface area contributed by atoms with Crippen molar-refractivity contribution in [2.24, 2.45) is 11.8 Å². The van der Waals surface area contributed by atoms with Crippen LogP contribution in [0.5, 0.6) is 0 Å². The number of piperidine rings is 1. The normalized spacial score (nSPS) is 21.1. The largest absolute Gasteiger partial charge is 0.418 e.